The molecule has 0 amide bonds. The van der Waals surface area contributed by atoms with Crippen LogP contribution in [0.1, 0.15) is 28.4 Å². The number of rotatable bonds is 8. The maximum Gasteiger partial charge on any atom is 0.220 e. The van der Waals surface area contributed by atoms with E-state index < -0.39 is 0 Å². The highest BCUT2D eigenvalue weighted by Gasteiger charge is 2.27. The zero-order valence-electron chi connectivity index (χ0n) is 18.8. The molecule has 0 radical (unpaired) electrons. The molecule has 0 aliphatic heterocycles. The number of nitrogens with two attached hydrogens (primary N) is 1. The number of aryl methyl sites for hydroxylation is 1. The number of pyridine rings is 1. The number of methoxy groups -OCH3 is 2. The summed E-state index contributed by atoms with van der Waals surface area (Å²) < 4.78 is 24.6. The monoisotopic (exact) mass is 451 g/mol. The van der Waals surface area contributed by atoms with Crippen LogP contribution in [0, 0.1) is 12.7 Å². The molecule has 0 bridgehead atoms. The molecular weight excluding hydrogens is 425 g/mol. The number of ether oxygens (including phenoxy) is 2. The number of nitrogens with zero attached hydrogens (tertiary/aromatic N) is 3. The van der Waals surface area contributed by atoms with E-state index >= 15 is 0 Å². The molecule has 1 aliphatic rings. The van der Waals surface area contributed by atoms with Gasteiger partial charge < -0.3 is 15.2 Å². The first-order valence-corrected chi connectivity index (χ1v) is 10.5. The lowest BCUT2D eigenvalue weighted by molar-refractivity contribution is 0.0331. The zero-order valence-corrected chi connectivity index (χ0v) is 18.8. The quantitative estimate of drug-likeness (QED) is 0.397. The molecule has 1 atom stereocenters. The second-order valence-electron chi connectivity index (χ2n) is 7.62. The first-order chi connectivity index (χ1) is 16.0. The van der Waals surface area contributed by atoms with Crippen molar-refractivity contribution in [3.8, 4) is 17.1 Å². The van der Waals surface area contributed by atoms with Gasteiger partial charge in [-0.25, -0.2) is 19.3 Å². The Labute approximate surface area is 191 Å². The number of hydrogen-bond acceptors (Lipinski definition) is 8. The lowest BCUT2D eigenvalue weighted by Crippen LogP contribution is -2.24. The third-order valence-electron chi connectivity index (χ3n) is 5.43. The standard InChI is InChI=1S/C24H26FN5O3/c1-14-23-20(29-24(26)27-14)11-15(12-21(23)30-33-10-9-31-2)17-8-7-16(25)13-18(17)19-5-4-6-22(28-19)32-3/h4-8,12-13,15,30H,9-11H2,1-3H3,(H2,26,27,29)/t15-/m1/s1. The summed E-state index contributed by atoms with van der Waals surface area (Å²) in [6.45, 7) is 2.68. The predicted molar refractivity (Wildman–Crippen MR) is 123 cm³/mol. The van der Waals surface area contributed by atoms with Crippen LogP contribution in [0.4, 0.5) is 10.3 Å². The van der Waals surface area contributed by atoms with Gasteiger partial charge in [0.1, 0.15) is 5.82 Å². The third kappa shape index (κ3) is 4.94. The van der Waals surface area contributed by atoms with Gasteiger partial charge in [0.25, 0.3) is 0 Å². The number of anilines is 1. The number of hydrogen-bond donors (Lipinski definition) is 2. The van der Waals surface area contributed by atoms with E-state index in [9.17, 15) is 4.39 Å². The fourth-order valence-electron chi connectivity index (χ4n) is 4.00. The second-order valence-corrected chi connectivity index (χ2v) is 7.62. The Kier molecular flexibility index (Phi) is 6.81. The molecule has 172 valence electrons. The van der Waals surface area contributed by atoms with Crippen LogP contribution >= 0.6 is 0 Å². The van der Waals surface area contributed by atoms with Gasteiger partial charge in [-0.15, -0.1) is 0 Å². The van der Waals surface area contributed by atoms with E-state index in [2.05, 4.69) is 20.4 Å². The first kappa shape index (κ1) is 22.6. The van der Waals surface area contributed by atoms with Crippen LogP contribution in [0.15, 0.2) is 42.5 Å². The zero-order chi connectivity index (χ0) is 23.4. The largest absolute Gasteiger partial charge is 0.481 e. The number of fused-ring (bicyclic) bond motifs is 1. The average Bonchev–Trinajstić information content (AvgIpc) is 2.81. The van der Waals surface area contributed by atoms with Gasteiger partial charge in [-0.05, 0) is 30.7 Å². The lowest BCUT2D eigenvalue weighted by Gasteiger charge is -2.26. The number of aromatic nitrogens is 3. The first-order valence-electron chi connectivity index (χ1n) is 10.5. The van der Waals surface area contributed by atoms with Crippen LogP contribution in [0.25, 0.3) is 17.0 Å². The van der Waals surface area contributed by atoms with Crippen molar-refractivity contribution in [2.75, 3.05) is 33.2 Å². The molecule has 0 fully saturated rings. The molecule has 9 heteroatoms. The summed E-state index contributed by atoms with van der Waals surface area (Å²) >= 11 is 0. The average molecular weight is 452 g/mol. The number of nitrogens with one attached hydrogen (secondary N) is 1. The molecule has 3 N–H and O–H groups in total. The van der Waals surface area contributed by atoms with Gasteiger partial charge in [-0.3, -0.25) is 10.3 Å². The van der Waals surface area contributed by atoms with Crippen LogP contribution in [0.5, 0.6) is 5.88 Å². The summed E-state index contributed by atoms with van der Waals surface area (Å²) in [7, 11) is 3.16. The van der Waals surface area contributed by atoms with Crippen LogP contribution in [-0.4, -0.2) is 42.4 Å². The van der Waals surface area contributed by atoms with E-state index in [0.717, 1.165) is 28.2 Å². The summed E-state index contributed by atoms with van der Waals surface area (Å²) in [6.07, 6.45) is 2.60. The molecule has 8 nitrogen and oxygen atoms in total. The van der Waals surface area contributed by atoms with Crippen molar-refractivity contribution in [1.82, 2.24) is 20.4 Å². The van der Waals surface area contributed by atoms with Crippen molar-refractivity contribution in [3.05, 3.63) is 70.8 Å². The molecule has 0 saturated heterocycles. The normalized spacial score (nSPS) is 15.0. The Bertz CT molecular complexity index is 1180. The molecule has 1 aromatic carbocycles. The summed E-state index contributed by atoms with van der Waals surface area (Å²) in [5.41, 5.74) is 14.3. The smallest absolute Gasteiger partial charge is 0.220 e. The van der Waals surface area contributed by atoms with Crippen LogP contribution in [0.3, 0.4) is 0 Å². The van der Waals surface area contributed by atoms with Crippen LogP contribution < -0.4 is 16.0 Å². The second kappa shape index (κ2) is 9.93. The summed E-state index contributed by atoms with van der Waals surface area (Å²) in [5.74, 6) is 0.183. The molecule has 2 aromatic heterocycles. The Morgan fingerprint density at radius 3 is 2.76 bits per heavy atom. The molecule has 33 heavy (non-hydrogen) atoms. The minimum atomic E-state index is -0.345. The van der Waals surface area contributed by atoms with E-state index in [1.807, 2.05) is 25.1 Å². The van der Waals surface area contributed by atoms with Crippen molar-refractivity contribution in [1.29, 1.82) is 0 Å². The summed E-state index contributed by atoms with van der Waals surface area (Å²) in [5, 5.41) is 0. The van der Waals surface area contributed by atoms with Gasteiger partial charge in [0, 0.05) is 36.6 Å². The Morgan fingerprint density at radius 2 is 1.97 bits per heavy atom. The minimum Gasteiger partial charge on any atom is -0.481 e. The van der Waals surface area contributed by atoms with Crippen molar-refractivity contribution < 1.29 is 18.7 Å². The van der Waals surface area contributed by atoms with Crippen molar-refractivity contribution in [3.63, 3.8) is 0 Å². The van der Waals surface area contributed by atoms with E-state index in [1.54, 1.807) is 26.4 Å². The van der Waals surface area contributed by atoms with Gasteiger partial charge >= 0.3 is 0 Å². The van der Waals surface area contributed by atoms with Gasteiger partial charge in [0.15, 0.2) is 0 Å². The topological polar surface area (TPSA) is 104 Å². The lowest BCUT2D eigenvalue weighted by atomic mass is 9.83. The highest BCUT2D eigenvalue weighted by Crippen LogP contribution is 2.38. The molecule has 0 spiro atoms. The Hall–Kier alpha value is -3.56. The predicted octanol–water partition coefficient (Wildman–Crippen LogP) is 3.43. The highest BCUT2D eigenvalue weighted by atomic mass is 19.1. The molecule has 1 aliphatic carbocycles. The molecule has 0 saturated carbocycles. The molecule has 4 rings (SSSR count). The molecule has 0 unspecified atom stereocenters. The summed E-state index contributed by atoms with van der Waals surface area (Å²) in [4.78, 5) is 18.9. The molecule has 2 heterocycles. The third-order valence-corrected chi connectivity index (χ3v) is 5.43. The van der Waals surface area contributed by atoms with E-state index in [1.165, 1.54) is 12.1 Å². The van der Waals surface area contributed by atoms with Gasteiger partial charge in [-0.1, -0.05) is 18.2 Å². The minimum absolute atomic E-state index is 0.136. The maximum atomic E-state index is 14.3. The van der Waals surface area contributed by atoms with E-state index in [0.29, 0.717) is 36.8 Å². The van der Waals surface area contributed by atoms with Crippen molar-refractivity contribution in [2.45, 2.75) is 19.3 Å². The van der Waals surface area contributed by atoms with Gasteiger partial charge in [0.05, 0.1) is 43.1 Å². The van der Waals surface area contributed by atoms with Gasteiger partial charge in [-0.2, -0.15) is 0 Å². The number of allylic oxidation sites excluding steroid dienone is 1. The van der Waals surface area contributed by atoms with Crippen molar-refractivity contribution in [2.24, 2.45) is 0 Å². The SMILES string of the molecule is COCCONC1=C[C@H](c2ccc(F)cc2-c2cccc(OC)n2)Cc2nc(N)nc(C)c21. The Morgan fingerprint density at radius 1 is 1.12 bits per heavy atom. The van der Waals surface area contributed by atoms with Gasteiger partial charge in [0.2, 0.25) is 11.8 Å². The molecule has 3 aromatic rings. The number of hydroxylamine groups is 1. The fraction of sp³-hybridized carbons (Fsp3) is 0.292. The number of benzene rings is 1. The van der Waals surface area contributed by atoms with E-state index in [4.69, 9.17) is 20.0 Å². The maximum absolute atomic E-state index is 14.3. The highest BCUT2D eigenvalue weighted by molar-refractivity contribution is 5.73. The molecular formula is C24H26FN5O3. The fourth-order valence-corrected chi connectivity index (χ4v) is 4.00. The number of nitrogen functional groups attached to an aromatic ring is 1. The Balaban J connectivity index is 1.78. The van der Waals surface area contributed by atoms with Crippen LogP contribution in [0.2, 0.25) is 0 Å². The summed E-state index contributed by atoms with van der Waals surface area (Å²) in [6, 6.07) is 10.1. The van der Waals surface area contributed by atoms with E-state index in [-0.39, 0.29) is 17.7 Å². The number of halogens is 1. The van der Waals surface area contributed by atoms with Crippen LogP contribution in [-0.2, 0) is 16.0 Å². The van der Waals surface area contributed by atoms with Crippen molar-refractivity contribution >= 4 is 11.6 Å².